The Bertz CT molecular complexity index is 734. The zero-order valence-corrected chi connectivity index (χ0v) is 14.5. The summed E-state index contributed by atoms with van der Waals surface area (Å²) in [7, 11) is 0. The van der Waals surface area contributed by atoms with Gasteiger partial charge in [0.05, 0.1) is 5.92 Å². The summed E-state index contributed by atoms with van der Waals surface area (Å²) in [4.78, 5) is 37.8. The molecule has 0 aromatic heterocycles. The van der Waals surface area contributed by atoms with Gasteiger partial charge in [0, 0.05) is 18.3 Å². The molecule has 3 heterocycles. The number of hydrogen-bond donors (Lipinski definition) is 1. The summed E-state index contributed by atoms with van der Waals surface area (Å²) < 4.78 is 11.6. The van der Waals surface area contributed by atoms with Crippen molar-refractivity contribution in [3.8, 4) is 0 Å². The van der Waals surface area contributed by atoms with E-state index in [0.29, 0.717) is 12.8 Å². The minimum Gasteiger partial charge on any atom is -0.486 e. The molecule has 2 unspecified atom stereocenters. The van der Waals surface area contributed by atoms with Gasteiger partial charge in [-0.05, 0) is 18.4 Å². The van der Waals surface area contributed by atoms with Gasteiger partial charge in [-0.2, -0.15) is 0 Å². The molecule has 0 aromatic rings. The molecule has 134 valence electrons. The fraction of sp³-hybridized carbons (Fsp3) is 0.632. The predicted molar refractivity (Wildman–Crippen MR) is 86.1 cm³/mol. The Morgan fingerprint density at radius 1 is 1.16 bits per heavy atom. The number of carbonyl (C=O) groups excluding carboxylic acids is 3. The maximum atomic E-state index is 12.9. The number of aliphatic hydroxyl groups is 1. The first-order chi connectivity index (χ1) is 11.8. The normalized spacial score (nSPS) is 47.3. The smallest absolute Gasteiger partial charge is 0.346 e. The van der Waals surface area contributed by atoms with Gasteiger partial charge in [0.2, 0.25) is 0 Å². The highest BCUT2D eigenvalue weighted by Crippen LogP contribution is 2.56. The first-order valence-corrected chi connectivity index (χ1v) is 8.85. The molecule has 1 saturated carbocycles. The Kier molecular flexibility index (Phi) is 3.48. The molecule has 5 rings (SSSR count). The Morgan fingerprint density at radius 2 is 1.88 bits per heavy atom. The van der Waals surface area contributed by atoms with E-state index in [1.807, 2.05) is 6.92 Å². The van der Waals surface area contributed by atoms with Crippen molar-refractivity contribution in [2.24, 2.45) is 23.7 Å². The van der Waals surface area contributed by atoms with E-state index in [-0.39, 0.29) is 34.7 Å². The van der Waals surface area contributed by atoms with E-state index in [9.17, 15) is 19.5 Å². The van der Waals surface area contributed by atoms with E-state index in [1.165, 1.54) is 6.08 Å². The van der Waals surface area contributed by atoms with E-state index < -0.39 is 35.6 Å². The summed E-state index contributed by atoms with van der Waals surface area (Å²) in [6.07, 6.45) is 2.51. The molecule has 6 heteroatoms. The van der Waals surface area contributed by atoms with Crippen LogP contribution in [0.4, 0.5) is 0 Å². The highest BCUT2D eigenvalue weighted by atomic mass is 16.6. The van der Waals surface area contributed by atoms with Crippen LogP contribution >= 0.6 is 0 Å². The Balaban J connectivity index is 1.93. The largest absolute Gasteiger partial charge is 0.486 e. The van der Waals surface area contributed by atoms with Gasteiger partial charge in [-0.15, -0.1) is 0 Å². The van der Waals surface area contributed by atoms with Crippen LogP contribution in [-0.2, 0) is 23.9 Å². The summed E-state index contributed by atoms with van der Waals surface area (Å²) in [5.41, 5.74) is -1.21. The second kappa shape index (κ2) is 5.27. The summed E-state index contributed by atoms with van der Waals surface area (Å²) in [5.74, 6) is -2.27. The molecule has 25 heavy (non-hydrogen) atoms. The average Bonchev–Trinajstić information content (AvgIpc) is 2.83. The van der Waals surface area contributed by atoms with Crippen LogP contribution in [-0.4, -0.2) is 40.5 Å². The van der Waals surface area contributed by atoms with Crippen LogP contribution in [0.15, 0.2) is 23.5 Å². The number of Topliss-reactive ketones (excluding diaryl/α,β-unsaturated/α-hetero) is 1. The highest BCUT2D eigenvalue weighted by molar-refractivity contribution is 6.20. The van der Waals surface area contributed by atoms with Gasteiger partial charge in [-0.3, -0.25) is 9.59 Å². The lowest BCUT2D eigenvalue weighted by molar-refractivity contribution is -0.220. The quantitative estimate of drug-likeness (QED) is 0.526. The Hall–Kier alpha value is -1.95. The van der Waals surface area contributed by atoms with Crippen molar-refractivity contribution in [1.29, 1.82) is 0 Å². The molecule has 0 aromatic carbocycles. The van der Waals surface area contributed by atoms with Crippen molar-refractivity contribution in [3.05, 3.63) is 23.5 Å². The van der Waals surface area contributed by atoms with Crippen molar-refractivity contribution in [1.82, 2.24) is 0 Å². The second-order valence-electron chi connectivity index (χ2n) is 7.93. The van der Waals surface area contributed by atoms with Crippen LogP contribution in [0, 0.1) is 23.7 Å². The maximum Gasteiger partial charge on any atom is 0.346 e. The third-order valence-corrected chi connectivity index (χ3v) is 6.13. The number of aliphatic hydroxyl groups excluding tert-OH is 1. The molecule has 3 fully saturated rings. The van der Waals surface area contributed by atoms with Crippen LogP contribution in [0.25, 0.3) is 0 Å². The van der Waals surface area contributed by atoms with Gasteiger partial charge in [0.25, 0.3) is 0 Å². The van der Waals surface area contributed by atoms with Gasteiger partial charge < -0.3 is 14.6 Å². The number of fused-ring (bicyclic) bond motifs is 1. The fourth-order valence-corrected chi connectivity index (χ4v) is 4.79. The monoisotopic (exact) mass is 346 g/mol. The molecular formula is C19H22O6. The van der Waals surface area contributed by atoms with Crippen molar-refractivity contribution in [2.75, 3.05) is 0 Å². The Labute approximate surface area is 145 Å². The average molecular weight is 346 g/mol. The minimum absolute atomic E-state index is 0.0252. The molecule has 5 bridgehead atoms. The lowest BCUT2D eigenvalue weighted by Crippen LogP contribution is -2.63. The summed E-state index contributed by atoms with van der Waals surface area (Å²) >= 11 is 0. The number of esters is 1. The molecule has 5 aliphatic rings. The molecule has 2 aliphatic carbocycles. The molecule has 3 aliphatic heterocycles. The van der Waals surface area contributed by atoms with Gasteiger partial charge in [0.1, 0.15) is 17.8 Å². The lowest BCUT2D eigenvalue weighted by atomic mass is 9.64. The fourth-order valence-electron chi connectivity index (χ4n) is 4.79. The summed E-state index contributed by atoms with van der Waals surface area (Å²) in [5, 5.41) is 10.7. The topological polar surface area (TPSA) is 89.9 Å². The highest BCUT2D eigenvalue weighted by Gasteiger charge is 2.67. The number of ether oxygens (including phenoxy) is 2. The van der Waals surface area contributed by atoms with Gasteiger partial charge in [0.15, 0.2) is 22.9 Å². The molecule has 6 nitrogen and oxygen atoms in total. The number of allylic oxidation sites excluding steroid dienone is 1. The van der Waals surface area contributed by atoms with Crippen molar-refractivity contribution in [3.63, 3.8) is 0 Å². The molecule has 2 saturated heterocycles. The molecule has 0 amide bonds. The SMILES string of the molecule is C[C@@H]1C[C@H](C)C(=O)/C=C\C2[C@@H](O)C3OC4=C(C(=O)O[C@@]42C[C@H]3C)C1=O. The van der Waals surface area contributed by atoms with E-state index in [2.05, 4.69) is 0 Å². The van der Waals surface area contributed by atoms with Crippen molar-refractivity contribution in [2.45, 2.75) is 51.4 Å². The standard InChI is InChI=1S/C19H22O6/c1-8-6-9(2)14(21)13-17-19(25-18(13)23)7-10(3)16(24-17)15(22)11(19)4-5-12(8)20/h4-5,8-11,15-16,22H,6-7H2,1-3H3/b5-4-/t8-,9+,10+,11?,15+,16?,19+/m0/s1. The lowest BCUT2D eigenvalue weighted by Gasteiger charge is -2.54. The molecule has 0 radical (unpaired) electrons. The third kappa shape index (κ3) is 2.09. The van der Waals surface area contributed by atoms with E-state index in [0.717, 1.165) is 0 Å². The van der Waals surface area contributed by atoms with Crippen LogP contribution in [0.1, 0.15) is 33.6 Å². The van der Waals surface area contributed by atoms with Crippen LogP contribution < -0.4 is 0 Å². The van der Waals surface area contributed by atoms with Gasteiger partial charge in [-0.25, -0.2) is 4.79 Å². The zero-order valence-electron chi connectivity index (χ0n) is 14.5. The van der Waals surface area contributed by atoms with E-state index in [4.69, 9.17) is 9.47 Å². The Morgan fingerprint density at radius 3 is 2.60 bits per heavy atom. The zero-order chi connectivity index (χ0) is 18.1. The van der Waals surface area contributed by atoms with Crippen molar-refractivity contribution >= 4 is 17.5 Å². The maximum absolute atomic E-state index is 12.9. The first kappa shape index (κ1) is 16.5. The molecular weight excluding hydrogens is 324 g/mol. The summed E-state index contributed by atoms with van der Waals surface area (Å²) in [6.45, 7) is 5.41. The van der Waals surface area contributed by atoms with E-state index >= 15 is 0 Å². The van der Waals surface area contributed by atoms with Crippen LogP contribution in [0.5, 0.6) is 0 Å². The number of rotatable bonds is 0. The van der Waals surface area contributed by atoms with Gasteiger partial charge in [-0.1, -0.05) is 26.8 Å². The molecule has 7 atom stereocenters. The summed E-state index contributed by atoms with van der Waals surface area (Å²) in [6, 6.07) is 0. The first-order valence-electron chi connectivity index (χ1n) is 8.85. The van der Waals surface area contributed by atoms with Crippen molar-refractivity contribution < 1.29 is 29.0 Å². The number of hydrogen-bond acceptors (Lipinski definition) is 6. The van der Waals surface area contributed by atoms with Crippen LogP contribution in [0.3, 0.4) is 0 Å². The number of carbonyl (C=O) groups is 3. The minimum atomic E-state index is -1.18. The van der Waals surface area contributed by atoms with Crippen LogP contribution in [0.2, 0.25) is 0 Å². The third-order valence-electron chi connectivity index (χ3n) is 6.13. The molecule has 1 N–H and O–H groups in total. The number of ketones is 2. The van der Waals surface area contributed by atoms with E-state index in [1.54, 1.807) is 19.9 Å². The van der Waals surface area contributed by atoms with Gasteiger partial charge >= 0.3 is 5.97 Å². The molecule has 1 spiro atoms. The predicted octanol–water partition coefficient (Wildman–Crippen LogP) is 1.32. The second-order valence-corrected chi connectivity index (χ2v) is 7.93.